The minimum atomic E-state index is -0.248. The van der Waals surface area contributed by atoms with Gasteiger partial charge in [0.05, 0.1) is 16.7 Å². The quantitative estimate of drug-likeness (QED) is 0.172. The molecule has 1 atom stereocenters. The van der Waals surface area contributed by atoms with E-state index in [0.717, 1.165) is 30.6 Å². The fourth-order valence-corrected chi connectivity index (χ4v) is 8.74. The Kier molecular flexibility index (Phi) is 7.14. The second kappa shape index (κ2) is 12.2. The topological polar surface area (TPSA) is 13.1 Å². The molecule has 3 heteroatoms. The van der Waals surface area contributed by atoms with Crippen molar-refractivity contribution in [3.63, 3.8) is 0 Å². The van der Waals surface area contributed by atoms with Crippen LogP contribution in [0, 0.1) is 0 Å². The first-order valence-corrected chi connectivity index (χ1v) is 18.4. The molecule has 0 aliphatic heterocycles. The minimum Gasteiger partial charge on any atom is -0.331 e. The molecule has 0 fully saturated rings. The summed E-state index contributed by atoms with van der Waals surface area (Å²) in [7, 11) is 0. The lowest BCUT2D eigenvalue weighted by molar-refractivity contribution is 0.435. The van der Waals surface area contributed by atoms with Gasteiger partial charge in [-0.15, -0.1) is 0 Å². The Balaban J connectivity index is 1.09. The van der Waals surface area contributed by atoms with E-state index >= 15 is 0 Å². The van der Waals surface area contributed by atoms with E-state index in [-0.39, 0.29) is 5.54 Å². The fraction of sp³-hybridized carbons (Fsp3) is 0.102. The maximum absolute atomic E-state index is 2.57. The molecule has 1 unspecified atom stereocenters. The SMILES string of the molecule is CC1(n2c3ccccc3c3cc(C4=CCCc5c4n(-c4ccccc4)c4ccccc54)ccc32)C=CC(N(c2ccccc2)c2ccccc2)=CC1. The van der Waals surface area contributed by atoms with Gasteiger partial charge in [-0.05, 0) is 104 Å². The lowest BCUT2D eigenvalue weighted by Gasteiger charge is -2.35. The van der Waals surface area contributed by atoms with E-state index in [9.17, 15) is 0 Å². The number of benzene rings is 6. The smallest absolute Gasteiger partial charge is 0.0644 e. The van der Waals surface area contributed by atoms with Crippen molar-refractivity contribution in [2.45, 2.75) is 31.7 Å². The Morgan fingerprint density at radius 1 is 0.577 bits per heavy atom. The van der Waals surface area contributed by atoms with Crippen LogP contribution in [-0.2, 0) is 12.0 Å². The molecule has 0 radical (unpaired) electrons. The highest BCUT2D eigenvalue weighted by Gasteiger charge is 2.31. The number of anilines is 2. The van der Waals surface area contributed by atoms with Crippen molar-refractivity contribution >= 4 is 49.7 Å². The van der Waals surface area contributed by atoms with Crippen LogP contribution in [0.15, 0.2) is 188 Å². The number of hydrogen-bond donors (Lipinski definition) is 0. The number of aryl methyl sites for hydroxylation is 1. The molecule has 8 aromatic rings. The molecule has 0 amide bonds. The molecule has 3 nitrogen and oxygen atoms in total. The molecule has 52 heavy (non-hydrogen) atoms. The molecule has 2 aliphatic carbocycles. The van der Waals surface area contributed by atoms with E-state index in [4.69, 9.17) is 0 Å². The van der Waals surface area contributed by atoms with E-state index in [0.29, 0.717) is 0 Å². The summed E-state index contributed by atoms with van der Waals surface area (Å²) in [6.07, 6.45) is 12.6. The number of fused-ring (bicyclic) bond motifs is 6. The number of aromatic nitrogens is 2. The summed E-state index contributed by atoms with van der Waals surface area (Å²) >= 11 is 0. The fourth-order valence-electron chi connectivity index (χ4n) is 8.74. The average molecular weight is 670 g/mol. The van der Waals surface area contributed by atoms with Crippen molar-refractivity contribution in [1.82, 2.24) is 9.13 Å². The van der Waals surface area contributed by atoms with Gasteiger partial charge in [-0.1, -0.05) is 115 Å². The normalized spacial score (nSPS) is 16.9. The summed E-state index contributed by atoms with van der Waals surface area (Å²) in [5.41, 5.74) is 13.6. The lowest BCUT2D eigenvalue weighted by atomic mass is 9.89. The van der Waals surface area contributed by atoms with E-state index in [1.807, 2.05) is 0 Å². The number of hydrogen-bond acceptors (Lipinski definition) is 1. The Hall–Kier alpha value is -6.32. The maximum Gasteiger partial charge on any atom is 0.0644 e. The molecule has 2 aliphatic rings. The highest BCUT2D eigenvalue weighted by atomic mass is 15.2. The molecule has 250 valence electrons. The first-order chi connectivity index (χ1) is 25.7. The molecule has 0 saturated carbocycles. The first kappa shape index (κ1) is 30.5. The van der Waals surface area contributed by atoms with Crippen LogP contribution >= 0.6 is 0 Å². The number of para-hydroxylation sites is 5. The van der Waals surface area contributed by atoms with Crippen molar-refractivity contribution in [2.75, 3.05) is 4.90 Å². The Bertz CT molecular complexity index is 2670. The predicted molar refractivity (Wildman–Crippen MR) is 219 cm³/mol. The zero-order chi connectivity index (χ0) is 34.6. The van der Waals surface area contributed by atoms with E-state index in [1.165, 1.54) is 66.5 Å². The third-order valence-electron chi connectivity index (χ3n) is 11.1. The third kappa shape index (κ3) is 4.81. The number of allylic oxidation sites excluding steroid dienone is 4. The highest BCUT2D eigenvalue weighted by molar-refractivity contribution is 6.10. The summed E-state index contributed by atoms with van der Waals surface area (Å²) in [5, 5.41) is 3.94. The molecular weight excluding hydrogens is 631 g/mol. The Labute approximate surface area is 304 Å². The molecule has 0 bridgehead atoms. The van der Waals surface area contributed by atoms with Gasteiger partial charge in [0.25, 0.3) is 0 Å². The monoisotopic (exact) mass is 669 g/mol. The van der Waals surface area contributed by atoms with Crippen molar-refractivity contribution in [3.05, 3.63) is 205 Å². The summed E-state index contributed by atoms with van der Waals surface area (Å²) in [6, 6.07) is 57.2. The van der Waals surface area contributed by atoms with E-state index in [1.54, 1.807) is 0 Å². The molecule has 0 N–H and O–H groups in total. The summed E-state index contributed by atoms with van der Waals surface area (Å²) in [4.78, 5) is 2.36. The van der Waals surface area contributed by atoms with Crippen LogP contribution in [-0.4, -0.2) is 9.13 Å². The standard InChI is InChI=1S/C49H39N3/c1-49(32-30-39(31-33-49)50(36-16-5-2-6-17-36)37-18-7-3-8-19-37)52-46-27-14-12-23-42(46)44-34-35(28-29-47(44)52)40-24-15-25-43-41-22-11-13-26-45(41)51(48(40)43)38-20-9-4-10-21-38/h2-14,16-24,26-32,34H,15,25,33H2,1H3. The summed E-state index contributed by atoms with van der Waals surface area (Å²) in [5.74, 6) is 0. The maximum atomic E-state index is 2.57. The lowest BCUT2D eigenvalue weighted by Crippen LogP contribution is -2.30. The molecule has 2 heterocycles. The van der Waals surface area contributed by atoms with Crippen LogP contribution in [0.4, 0.5) is 11.4 Å². The van der Waals surface area contributed by atoms with Gasteiger partial charge in [-0.3, -0.25) is 0 Å². The van der Waals surface area contributed by atoms with Crippen molar-refractivity contribution in [3.8, 4) is 5.69 Å². The highest BCUT2D eigenvalue weighted by Crippen LogP contribution is 2.44. The summed E-state index contributed by atoms with van der Waals surface area (Å²) < 4.78 is 5.05. The predicted octanol–water partition coefficient (Wildman–Crippen LogP) is 12.5. The summed E-state index contributed by atoms with van der Waals surface area (Å²) in [6.45, 7) is 2.38. The van der Waals surface area contributed by atoms with Gasteiger partial charge in [0, 0.05) is 55.5 Å². The Morgan fingerprint density at radius 3 is 1.88 bits per heavy atom. The second-order valence-electron chi connectivity index (χ2n) is 14.3. The first-order valence-electron chi connectivity index (χ1n) is 18.4. The van der Waals surface area contributed by atoms with Gasteiger partial charge >= 0.3 is 0 Å². The van der Waals surface area contributed by atoms with E-state index < -0.39 is 0 Å². The van der Waals surface area contributed by atoms with Crippen LogP contribution < -0.4 is 4.90 Å². The van der Waals surface area contributed by atoms with Crippen LogP contribution in [0.25, 0.3) is 44.0 Å². The van der Waals surface area contributed by atoms with Crippen molar-refractivity contribution in [1.29, 1.82) is 0 Å². The second-order valence-corrected chi connectivity index (χ2v) is 14.3. The average Bonchev–Trinajstić information content (AvgIpc) is 3.73. The zero-order valence-corrected chi connectivity index (χ0v) is 29.3. The van der Waals surface area contributed by atoms with Crippen LogP contribution in [0.3, 0.4) is 0 Å². The molecule has 10 rings (SSSR count). The van der Waals surface area contributed by atoms with Crippen LogP contribution in [0.5, 0.6) is 0 Å². The molecule has 0 spiro atoms. The van der Waals surface area contributed by atoms with Crippen LogP contribution in [0.2, 0.25) is 0 Å². The third-order valence-corrected chi connectivity index (χ3v) is 11.1. The van der Waals surface area contributed by atoms with Gasteiger partial charge < -0.3 is 14.0 Å². The van der Waals surface area contributed by atoms with E-state index in [2.05, 4.69) is 203 Å². The Morgan fingerprint density at radius 2 is 1.19 bits per heavy atom. The van der Waals surface area contributed by atoms with Gasteiger partial charge in [0.15, 0.2) is 0 Å². The molecule has 2 aromatic heterocycles. The van der Waals surface area contributed by atoms with Gasteiger partial charge in [-0.25, -0.2) is 0 Å². The van der Waals surface area contributed by atoms with Crippen molar-refractivity contribution in [2.24, 2.45) is 0 Å². The largest absolute Gasteiger partial charge is 0.331 e. The number of nitrogens with zero attached hydrogens (tertiary/aromatic N) is 3. The number of rotatable bonds is 6. The van der Waals surface area contributed by atoms with Gasteiger partial charge in [0.2, 0.25) is 0 Å². The zero-order valence-electron chi connectivity index (χ0n) is 29.3. The minimum absolute atomic E-state index is 0.248. The molecule has 6 aromatic carbocycles. The van der Waals surface area contributed by atoms with Crippen LogP contribution in [0.1, 0.15) is 36.6 Å². The molecular formula is C49H39N3. The molecule has 0 saturated heterocycles. The van der Waals surface area contributed by atoms with Gasteiger partial charge in [0.1, 0.15) is 0 Å². The van der Waals surface area contributed by atoms with Gasteiger partial charge in [-0.2, -0.15) is 0 Å². The van der Waals surface area contributed by atoms with Crippen molar-refractivity contribution < 1.29 is 0 Å².